The van der Waals surface area contributed by atoms with E-state index in [4.69, 9.17) is 15.2 Å². The zero-order valence-corrected chi connectivity index (χ0v) is 11.6. The van der Waals surface area contributed by atoms with Crippen molar-refractivity contribution in [3.05, 3.63) is 53.8 Å². The molecule has 0 aliphatic carbocycles. The van der Waals surface area contributed by atoms with Gasteiger partial charge in [0, 0.05) is 6.42 Å². The average molecular weight is 269 g/mol. The van der Waals surface area contributed by atoms with Gasteiger partial charge in [-0.2, -0.15) is 0 Å². The van der Waals surface area contributed by atoms with Gasteiger partial charge < -0.3 is 15.2 Å². The fraction of sp³-hybridized carbons (Fsp3) is 0.294. The highest BCUT2D eigenvalue weighted by Gasteiger charge is 2.16. The Morgan fingerprint density at radius 1 is 1.30 bits per heavy atom. The molecule has 0 fully saturated rings. The third-order valence-electron chi connectivity index (χ3n) is 3.72. The maximum Gasteiger partial charge on any atom is 0.119 e. The van der Waals surface area contributed by atoms with Crippen LogP contribution in [0.4, 0.5) is 0 Å². The number of benzene rings is 2. The van der Waals surface area contributed by atoms with Crippen LogP contribution in [0.15, 0.2) is 48.2 Å². The molecule has 1 heterocycles. The van der Waals surface area contributed by atoms with E-state index < -0.39 is 0 Å². The normalized spacial score (nSPS) is 15.8. The Hall–Kier alpha value is -2.00. The predicted molar refractivity (Wildman–Crippen MR) is 80.8 cm³/mol. The molecule has 2 aromatic rings. The van der Waals surface area contributed by atoms with Gasteiger partial charge in [-0.3, -0.25) is 0 Å². The number of hydrogen-bond acceptors (Lipinski definition) is 3. The Kier molecular flexibility index (Phi) is 3.61. The zero-order chi connectivity index (χ0) is 13.9. The summed E-state index contributed by atoms with van der Waals surface area (Å²) in [7, 11) is 1.69. The van der Waals surface area contributed by atoms with E-state index in [0.29, 0.717) is 0 Å². The monoisotopic (exact) mass is 269 g/mol. The topological polar surface area (TPSA) is 44.5 Å². The fourth-order valence-corrected chi connectivity index (χ4v) is 2.65. The van der Waals surface area contributed by atoms with E-state index in [1.165, 1.54) is 16.3 Å². The summed E-state index contributed by atoms with van der Waals surface area (Å²) in [6.07, 6.45) is 3.83. The van der Waals surface area contributed by atoms with Gasteiger partial charge in [-0.25, -0.2) is 0 Å². The van der Waals surface area contributed by atoms with E-state index in [9.17, 15) is 0 Å². The van der Waals surface area contributed by atoms with Crippen LogP contribution in [0.1, 0.15) is 12.0 Å². The molecule has 0 amide bonds. The molecule has 1 aliphatic rings. The van der Waals surface area contributed by atoms with Gasteiger partial charge in [-0.15, -0.1) is 0 Å². The van der Waals surface area contributed by atoms with E-state index in [1.54, 1.807) is 7.11 Å². The van der Waals surface area contributed by atoms with Crippen molar-refractivity contribution < 1.29 is 9.47 Å². The van der Waals surface area contributed by atoms with Crippen LogP contribution in [0.3, 0.4) is 0 Å². The van der Waals surface area contributed by atoms with Crippen molar-refractivity contribution >= 4 is 10.8 Å². The van der Waals surface area contributed by atoms with Crippen molar-refractivity contribution in [2.75, 3.05) is 13.7 Å². The quantitative estimate of drug-likeness (QED) is 0.928. The van der Waals surface area contributed by atoms with Crippen LogP contribution in [0, 0.1) is 0 Å². The summed E-state index contributed by atoms with van der Waals surface area (Å²) in [5.74, 6) is 1.79. The lowest BCUT2D eigenvalue weighted by Gasteiger charge is -2.15. The van der Waals surface area contributed by atoms with Crippen molar-refractivity contribution in [3.8, 4) is 5.75 Å². The number of methoxy groups -OCH3 is 1. The van der Waals surface area contributed by atoms with Crippen molar-refractivity contribution in [3.63, 3.8) is 0 Å². The van der Waals surface area contributed by atoms with E-state index in [1.807, 2.05) is 6.07 Å². The van der Waals surface area contributed by atoms with Crippen molar-refractivity contribution in [1.29, 1.82) is 0 Å². The van der Waals surface area contributed by atoms with Gasteiger partial charge in [0.2, 0.25) is 0 Å². The first kappa shape index (κ1) is 13.0. The molecule has 2 aromatic carbocycles. The summed E-state index contributed by atoms with van der Waals surface area (Å²) in [5.41, 5.74) is 7.48. The smallest absolute Gasteiger partial charge is 0.119 e. The average Bonchev–Trinajstić information content (AvgIpc) is 3.01. The number of nitrogens with two attached hydrogens (primary N) is 1. The van der Waals surface area contributed by atoms with E-state index in [-0.39, 0.29) is 6.04 Å². The Morgan fingerprint density at radius 2 is 2.20 bits per heavy atom. The highest BCUT2D eigenvalue weighted by molar-refractivity contribution is 5.87. The molecule has 1 atom stereocenters. The summed E-state index contributed by atoms with van der Waals surface area (Å²) < 4.78 is 10.9. The third kappa shape index (κ3) is 2.49. The fourth-order valence-electron chi connectivity index (χ4n) is 2.65. The minimum absolute atomic E-state index is 0.0747. The first-order valence-electron chi connectivity index (χ1n) is 6.92. The molecular formula is C17H19NO2. The molecule has 3 nitrogen and oxygen atoms in total. The van der Waals surface area contributed by atoms with Crippen LogP contribution in [0.25, 0.3) is 10.8 Å². The first-order valence-corrected chi connectivity index (χ1v) is 6.92. The van der Waals surface area contributed by atoms with Crippen molar-refractivity contribution in [2.45, 2.75) is 18.9 Å². The zero-order valence-electron chi connectivity index (χ0n) is 11.6. The molecule has 104 valence electrons. The number of hydrogen-bond donors (Lipinski definition) is 1. The van der Waals surface area contributed by atoms with Crippen LogP contribution in [0.5, 0.6) is 5.75 Å². The van der Waals surface area contributed by atoms with Crippen molar-refractivity contribution in [1.82, 2.24) is 0 Å². The second-order valence-corrected chi connectivity index (χ2v) is 5.06. The van der Waals surface area contributed by atoms with Gasteiger partial charge in [0.05, 0.1) is 19.8 Å². The van der Waals surface area contributed by atoms with Gasteiger partial charge >= 0.3 is 0 Å². The number of ether oxygens (including phenoxy) is 2. The summed E-state index contributed by atoms with van der Waals surface area (Å²) in [5, 5.41) is 2.40. The van der Waals surface area contributed by atoms with Crippen LogP contribution < -0.4 is 10.5 Å². The van der Waals surface area contributed by atoms with Crippen LogP contribution in [0.2, 0.25) is 0 Å². The van der Waals surface area contributed by atoms with Crippen LogP contribution >= 0.6 is 0 Å². The summed E-state index contributed by atoms with van der Waals surface area (Å²) in [6, 6.07) is 12.4. The molecule has 0 radical (unpaired) electrons. The Morgan fingerprint density at radius 3 is 2.95 bits per heavy atom. The SMILES string of the molecule is COc1ccc2cccc(CC(N)C3=CCCO3)c2c1. The van der Waals surface area contributed by atoms with E-state index in [2.05, 4.69) is 36.4 Å². The van der Waals surface area contributed by atoms with E-state index >= 15 is 0 Å². The van der Waals surface area contributed by atoms with Gasteiger partial charge in [-0.05, 0) is 41.0 Å². The summed E-state index contributed by atoms with van der Waals surface area (Å²) >= 11 is 0. The lowest BCUT2D eigenvalue weighted by Crippen LogP contribution is -2.25. The summed E-state index contributed by atoms with van der Waals surface area (Å²) in [6.45, 7) is 0.756. The van der Waals surface area contributed by atoms with Gasteiger partial charge in [0.15, 0.2) is 0 Å². The third-order valence-corrected chi connectivity index (χ3v) is 3.72. The molecule has 0 aromatic heterocycles. The number of fused-ring (bicyclic) bond motifs is 1. The maximum atomic E-state index is 6.25. The minimum atomic E-state index is -0.0747. The van der Waals surface area contributed by atoms with Gasteiger partial charge in [0.25, 0.3) is 0 Å². The molecular weight excluding hydrogens is 250 g/mol. The highest BCUT2D eigenvalue weighted by Crippen LogP contribution is 2.26. The minimum Gasteiger partial charge on any atom is -0.497 e. The molecule has 1 aliphatic heterocycles. The molecule has 2 N–H and O–H groups in total. The van der Waals surface area contributed by atoms with Crippen LogP contribution in [-0.2, 0) is 11.2 Å². The molecule has 0 saturated heterocycles. The molecule has 0 bridgehead atoms. The lowest BCUT2D eigenvalue weighted by atomic mass is 9.98. The van der Waals surface area contributed by atoms with Gasteiger partial charge in [0.1, 0.15) is 11.5 Å². The Balaban J connectivity index is 1.93. The van der Waals surface area contributed by atoms with Gasteiger partial charge in [-0.1, -0.05) is 24.3 Å². The maximum absolute atomic E-state index is 6.25. The van der Waals surface area contributed by atoms with Crippen molar-refractivity contribution in [2.24, 2.45) is 5.73 Å². The molecule has 20 heavy (non-hydrogen) atoms. The molecule has 3 rings (SSSR count). The Bertz CT molecular complexity index is 648. The lowest BCUT2D eigenvalue weighted by molar-refractivity contribution is 0.224. The van der Waals surface area contributed by atoms with E-state index in [0.717, 1.165) is 31.0 Å². The molecule has 3 heteroatoms. The standard InChI is InChI=1S/C17H19NO2/c1-19-14-8-7-12-4-2-5-13(15(12)11-14)10-16(18)17-6-3-9-20-17/h2,4-8,11,16H,3,9-10,18H2,1H3. The largest absolute Gasteiger partial charge is 0.497 e. The van der Waals surface area contributed by atoms with Crippen LogP contribution in [-0.4, -0.2) is 19.8 Å². The summed E-state index contributed by atoms with van der Waals surface area (Å²) in [4.78, 5) is 0. The molecule has 1 unspecified atom stereocenters. The first-order chi connectivity index (χ1) is 9.78. The Labute approximate surface area is 119 Å². The molecule has 0 spiro atoms. The predicted octanol–water partition coefficient (Wildman–Crippen LogP) is 3.02. The second-order valence-electron chi connectivity index (χ2n) is 5.06. The number of rotatable bonds is 4. The highest BCUT2D eigenvalue weighted by atomic mass is 16.5. The second kappa shape index (κ2) is 5.55. The molecule has 0 saturated carbocycles.